The molecule has 1 aromatic heterocycles. The number of amides is 2. The predicted molar refractivity (Wildman–Crippen MR) is 80.3 cm³/mol. The molecule has 0 unspecified atom stereocenters. The van der Waals surface area contributed by atoms with E-state index in [1.54, 1.807) is 24.5 Å². The van der Waals surface area contributed by atoms with Crippen molar-refractivity contribution in [2.75, 3.05) is 7.05 Å². The molecule has 0 spiro atoms. The monoisotopic (exact) mass is 296 g/mol. The molecule has 2 heterocycles. The summed E-state index contributed by atoms with van der Waals surface area (Å²) in [6, 6.07) is 11.3. The van der Waals surface area contributed by atoms with Crippen molar-refractivity contribution in [2.45, 2.75) is 13.1 Å². The van der Waals surface area contributed by atoms with Crippen LogP contribution in [0.2, 0.25) is 0 Å². The van der Waals surface area contributed by atoms with Crippen LogP contribution in [0.5, 0.6) is 0 Å². The van der Waals surface area contributed by atoms with Crippen LogP contribution in [0.1, 0.15) is 11.1 Å². The fraction of sp³-hybridized carbons (Fsp3) is 0.176. The van der Waals surface area contributed by atoms with Crippen LogP contribution in [0, 0.1) is 0 Å². The van der Waals surface area contributed by atoms with Gasteiger partial charge in [0.05, 0.1) is 19.1 Å². The summed E-state index contributed by atoms with van der Waals surface area (Å²) in [7, 11) is 1.79. The van der Waals surface area contributed by atoms with Crippen molar-refractivity contribution >= 4 is 11.8 Å². The lowest BCUT2D eigenvalue weighted by atomic mass is 10.2. The van der Waals surface area contributed by atoms with Gasteiger partial charge in [0.15, 0.2) is 0 Å². The Morgan fingerprint density at radius 2 is 1.86 bits per heavy atom. The molecule has 3 rings (SSSR count). The Balaban J connectivity index is 1.71. The van der Waals surface area contributed by atoms with Gasteiger partial charge in [-0.25, -0.2) is 0 Å². The molecule has 2 aromatic rings. The first kappa shape index (κ1) is 14.1. The van der Waals surface area contributed by atoms with E-state index in [1.165, 1.54) is 11.0 Å². The normalized spacial score (nSPS) is 14.4. The molecule has 1 aliphatic rings. The van der Waals surface area contributed by atoms with Gasteiger partial charge in [0.2, 0.25) is 0 Å². The maximum atomic E-state index is 12.5. The minimum atomic E-state index is -0.275. The molecule has 2 amide bonds. The molecule has 0 saturated heterocycles. The van der Waals surface area contributed by atoms with Crippen molar-refractivity contribution in [3.63, 3.8) is 0 Å². The lowest BCUT2D eigenvalue weighted by Gasteiger charge is -2.20. The van der Waals surface area contributed by atoms with Gasteiger partial charge in [0, 0.05) is 25.2 Å². The van der Waals surface area contributed by atoms with Crippen molar-refractivity contribution in [1.82, 2.24) is 9.80 Å². The summed E-state index contributed by atoms with van der Waals surface area (Å²) in [5.74, 6) is -0.539. The molecule has 0 atom stereocenters. The SMILES string of the molecule is CN(Cc1ccoc1)C1=CC(=O)N(Cc2ccccc2)C1=O. The molecular weight excluding hydrogens is 280 g/mol. The molecular formula is C17H16N2O3. The van der Waals surface area contributed by atoms with E-state index in [9.17, 15) is 9.59 Å². The van der Waals surface area contributed by atoms with E-state index < -0.39 is 0 Å². The third-order valence-corrected chi connectivity index (χ3v) is 3.59. The van der Waals surface area contributed by atoms with E-state index in [4.69, 9.17) is 4.42 Å². The number of imide groups is 1. The molecule has 0 fully saturated rings. The van der Waals surface area contributed by atoms with Crippen LogP contribution in [0.25, 0.3) is 0 Å². The highest BCUT2D eigenvalue weighted by Gasteiger charge is 2.33. The number of rotatable bonds is 5. The lowest BCUT2D eigenvalue weighted by Crippen LogP contribution is -2.33. The topological polar surface area (TPSA) is 53.8 Å². The number of hydrogen-bond donors (Lipinski definition) is 0. The van der Waals surface area contributed by atoms with Crippen LogP contribution in [0.4, 0.5) is 0 Å². The molecule has 1 aliphatic heterocycles. The Morgan fingerprint density at radius 1 is 1.09 bits per heavy atom. The summed E-state index contributed by atoms with van der Waals surface area (Å²) in [6.45, 7) is 0.804. The molecule has 0 aliphatic carbocycles. The first-order chi connectivity index (χ1) is 10.6. The first-order valence-corrected chi connectivity index (χ1v) is 6.99. The minimum Gasteiger partial charge on any atom is -0.472 e. The van der Waals surface area contributed by atoms with Crippen LogP contribution in [-0.4, -0.2) is 28.7 Å². The molecule has 1 aromatic carbocycles. The maximum absolute atomic E-state index is 12.5. The number of benzene rings is 1. The van der Waals surface area contributed by atoms with E-state index in [0.717, 1.165) is 11.1 Å². The fourth-order valence-corrected chi connectivity index (χ4v) is 2.43. The highest BCUT2D eigenvalue weighted by Crippen LogP contribution is 2.20. The highest BCUT2D eigenvalue weighted by molar-refractivity contribution is 6.15. The van der Waals surface area contributed by atoms with Crippen LogP contribution in [-0.2, 0) is 22.7 Å². The van der Waals surface area contributed by atoms with Gasteiger partial charge < -0.3 is 9.32 Å². The number of nitrogens with zero attached hydrogens (tertiary/aromatic N) is 2. The van der Waals surface area contributed by atoms with Gasteiger partial charge in [0.1, 0.15) is 5.70 Å². The van der Waals surface area contributed by atoms with Crippen molar-refractivity contribution in [2.24, 2.45) is 0 Å². The zero-order chi connectivity index (χ0) is 15.5. The standard InChI is InChI=1S/C17H16N2O3/c1-18(10-14-7-8-22-12-14)15-9-16(20)19(17(15)21)11-13-5-3-2-4-6-13/h2-9,12H,10-11H2,1H3. The maximum Gasteiger partial charge on any atom is 0.277 e. The zero-order valence-electron chi connectivity index (χ0n) is 12.2. The quantitative estimate of drug-likeness (QED) is 0.793. The molecule has 5 heteroatoms. The number of hydrogen-bond acceptors (Lipinski definition) is 4. The number of carbonyl (C=O) groups excluding carboxylic acids is 2. The van der Waals surface area contributed by atoms with Gasteiger partial charge in [-0.1, -0.05) is 30.3 Å². The Labute approximate surface area is 128 Å². The second kappa shape index (κ2) is 5.89. The van der Waals surface area contributed by atoms with E-state index in [1.807, 2.05) is 36.4 Å². The summed E-state index contributed by atoms with van der Waals surface area (Å²) in [5.41, 5.74) is 2.28. The number of furan rings is 1. The summed E-state index contributed by atoms with van der Waals surface area (Å²) in [5, 5.41) is 0. The molecule has 0 N–H and O–H groups in total. The van der Waals surface area contributed by atoms with Crippen LogP contribution >= 0.6 is 0 Å². The van der Waals surface area contributed by atoms with Crippen molar-refractivity contribution < 1.29 is 14.0 Å². The predicted octanol–water partition coefficient (Wildman–Crippen LogP) is 2.16. The molecule has 0 bridgehead atoms. The van der Waals surface area contributed by atoms with Gasteiger partial charge in [-0.05, 0) is 11.6 Å². The Hall–Kier alpha value is -2.82. The van der Waals surface area contributed by atoms with Crippen LogP contribution in [0.15, 0.2) is 65.1 Å². The smallest absolute Gasteiger partial charge is 0.277 e. The number of likely N-dealkylation sites (N-methyl/N-ethyl adjacent to an activating group) is 1. The Bertz CT molecular complexity index is 705. The summed E-state index contributed by atoms with van der Waals surface area (Å²) >= 11 is 0. The largest absolute Gasteiger partial charge is 0.472 e. The van der Waals surface area contributed by atoms with Gasteiger partial charge in [-0.3, -0.25) is 14.5 Å². The number of carbonyl (C=O) groups is 2. The molecule has 5 nitrogen and oxygen atoms in total. The van der Waals surface area contributed by atoms with Gasteiger partial charge >= 0.3 is 0 Å². The van der Waals surface area contributed by atoms with Crippen LogP contribution in [0.3, 0.4) is 0 Å². The van der Waals surface area contributed by atoms with Crippen molar-refractivity contribution in [3.05, 3.63) is 71.8 Å². The van der Waals surface area contributed by atoms with Crippen molar-refractivity contribution in [3.8, 4) is 0 Å². The minimum absolute atomic E-state index is 0.264. The van der Waals surface area contributed by atoms with E-state index in [-0.39, 0.29) is 18.4 Å². The Kier molecular flexibility index (Phi) is 3.78. The van der Waals surface area contributed by atoms with Crippen LogP contribution < -0.4 is 0 Å². The zero-order valence-corrected chi connectivity index (χ0v) is 12.2. The highest BCUT2D eigenvalue weighted by atomic mass is 16.3. The molecule has 0 radical (unpaired) electrons. The summed E-state index contributed by atoms with van der Waals surface area (Å²) < 4.78 is 5.02. The van der Waals surface area contributed by atoms with Crippen molar-refractivity contribution in [1.29, 1.82) is 0 Å². The molecule has 0 saturated carbocycles. The Morgan fingerprint density at radius 3 is 2.55 bits per heavy atom. The second-order valence-corrected chi connectivity index (χ2v) is 5.23. The van der Waals surface area contributed by atoms with E-state index >= 15 is 0 Å². The average molecular weight is 296 g/mol. The van der Waals surface area contributed by atoms with E-state index in [2.05, 4.69) is 0 Å². The summed E-state index contributed by atoms with van der Waals surface area (Å²) in [4.78, 5) is 27.6. The molecule has 112 valence electrons. The lowest BCUT2D eigenvalue weighted by molar-refractivity contribution is -0.138. The van der Waals surface area contributed by atoms with Gasteiger partial charge in [-0.2, -0.15) is 0 Å². The summed E-state index contributed by atoms with van der Waals surface area (Å²) in [6.07, 6.45) is 4.60. The third kappa shape index (κ3) is 2.79. The van der Waals surface area contributed by atoms with Gasteiger partial charge in [0.25, 0.3) is 11.8 Å². The first-order valence-electron chi connectivity index (χ1n) is 6.99. The third-order valence-electron chi connectivity index (χ3n) is 3.59. The van der Waals surface area contributed by atoms with E-state index in [0.29, 0.717) is 12.2 Å². The fourth-order valence-electron chi connectivity index (χ4n) is 2.43. The van der Waals surface area contributed by atoms with Gasteiger partial charge in [-0.15, -0.1) is 0 Å². The molecule has 22 heavy (non-hydrogen) atoms. The second-order valence-electron chi connectivity index (χ2n) is 5.23. The average Bonchev–Trinajstić information content (AvgIpc) is 3.11.